The predicted octanol–water partition coefficient (Wildman–Crippen LogP) is 3.10. The first-order chi connectivity index (χ1) is 15.2. The highest BCUT2D eigenvalue weighted by atomic mass is 32.2. The summed E-state index contributed by atoms with van der Waals surface area (Å²) in [6.45, 7) is 5.39. The largest absolute Gasteiger partial charge is 0.481 e. The lowest BCUT2D eigenvalue weighted by Crippen LogP contribution is -2.47. The fourth-order valence-electron chi connectivity index (χ4n) is 2.85. The molecular formula is C23H24N2O6S. The normalized spacial score (nSPS) is 12.1. The quantitative estimate of drug-likeness (QED) is 0.528. The lowest BCUT2D eigenvalue weighted by molar-refractivity contribution is -0.128. The standard InChI is InChI=1S/C23H24N2O6S/c1-15-8-7-11-20(16(15)2)30-17(3)22(26)24-25-23(27)21-13-12-18(31-21)14-32(28,29)19-9-5-4-6-10-19/h4-13,17H,14H2,1-3H3,(H,24,26)(H,25,27). The first-order valence-corrected chi connectivity index (χ1v) is 11.5. The summed E-state index contributed by atoms with van der Waals surface area (Å²) in [6, 6.07) is 16.2. The SMILES string of the molecule is Cc1cccc(OC(C)C(=O)NNC(=O)c2ccc(CS(=O)(=O)c3ccccc3)o2)c1C. The smallest absolute Gasteiger partial charge is 0.305 e. The summed E-state index contributed by atoms with van der Waals surface area (Å²) in [5, 5.41) is 0. The molecule has 0 fully saturated rings. The molecule has 0 aliphatic carbocycles. The fraction of sp³-hybridized carbons (Fsp3) is 0.217. The molecule has 1 atom stereocenters. The Morgan fingerprint density at radius 1 is 0.969 bits per heavy atom. The summed E-state index contributed by atoms with van der Waals surface area (Å²) in [5.41, 5.74) is 6.47. The first-order valence-electron chi connectivity index (χ1n) is 9.87. The summed E-state index contributed by atoms with van der Waals surface area (Å²) in [7, 11) is -3.61. The van der Waals surface area contributed by atoms with Crippen molar-refractivity contribution in [1.29, 1.82) is 0 Å². The van der Waals surface area contributed by atoms with Crippen LogP contribution in [-0.2, 0) is 20.4 Å². The van der Waals surface area contributed by atoms with Crippen LogP contribution in [0.1, 0.15) is 34.4 Å². The second-order valence-electron chi connectivity index (χ2n) is 7.24. The van der Waals surface area contributed by atoms with Gasteiger partial charge in [-0.1, -0.05) is 30.3 Å². The van der Waals surface area contributed by atoms with E-state index >= 15 is 0 Å². The highest BCUT2D eigenvalue weighted by Gasteiger charge is 2.21. The van der Waals surface area contributed by atoms with E-state index in [2.05, 4.69) is 10.9 Å². The molecule has 0 aliphatic heterocycles. The van der Waals surface area contributed by atoms with Gasteiger partial charge in [0.05, 0.1) is 4.90 Å². The molecule has 0 saturated carbocycles. The minimum Gasteiger partial charge on any atom is -0.481 e. The Labute approximate surface area is 186 Å². The van der Waals surface area contributed by atoms with Crippen LogP contribution in [-0.4, -0.2) is 26.3 Å². The van der Waals surface area contributed by atoms with Crippen molar-refractivity contribution < 1.29 is 27.2 Å². The minimum atomic E-state index is -3.61. The number of nitrogens with one attached hydrogen (secondary N) is 2. The van der Waals surface area contributed by atoms with Gasteiger partial charge in [0.1, 0.15) is 17.3 Å². The van der Waals surface area contributed by atoms with E-state index in [1.54, 1.807) is 31.2 Å². The Hall–Kier alpha value is -3.59. The fourth-order valence-corrected chi connectivity index (χ4v) is 4.12. The number of carbonyl (C=O) groups excluding carboxylic acids is 2. The number of amides is 2. The van der Waals surface area contributed by atoms with Crippen molar-refractivity contribution in [3.05, 3.63) is 83.3 Å². The van der Waals surface area contributed by atoms with Crippen molar-refractivity contribution >= 4 is 21.7 Å². The second kappa shape index (κ2) is 9.69. The van der Waals surface area contributed by atoms with E-state index in [0.717, 1.165) is 11.1 Å². The van der Waals surface area contributed by atoms with Crippen molar-refractivity contribution in [3.8, 4) is 5.75 Å². The third-order valence-electron chi connectivity index (χ3n) is 4.85. The van der Waals surface area contributed by atoms with Crippen LogP contribution < -0.4 is 15.6 Å². The summed E-state index contributed by atoms with van der Waals surface area (Å²) < 4.78 is 35.9. The van der Waals surface area contributed by atoms with Crippen molar-refractivity contribution in [2.24, 2.45) is 0 Å². The van der Waals surface area contributed by atoms with E-state index in [9.17, 15) is 18.0 Å². The maximum atomic E-state index is 12.4. The number of hydrazine groups is 1. The summed E-state index contributed by atoms with van der Waals surface area (Å²) in [5.74, 6) is -1.12. The monoisotopic (exact) mass is 456 g/mol. The highest BCUT2D eigenvalue weighted by Crippen LogP contribution is 2.22. The third kappa shape index (κ3) is 5.55. The van der Waals surface area contributed by atoms with Gasteiger partial charge >= 0.3 is 5.91 Å². The van der Waals surface area contributed by atoms with Crippen molar-refractivity contribution in [3.63, 3.8) is 0 Å². The maximum Gasteiger partial charge on any atom is 0.305 e. The summed E-state index contributed by atoms with van der Waals surface area (Å²) >= 11 is 0. The van der Waals surface area contributed by atoms with Crippen LogP contribution >= 0.6 is 0 Å². The third-order valence-corrected chi connectivity index (χ3v) is 6.50. The van der Waals surface area contributed by atoms with Crippen LogP contribution in [0.5, 0.6) is 5.75 Å². The van der Waals surface area contributed by atoms with Crippen LogP contribution in [0.3, 0.4) is 0 Å². The number of hydrogen-bond donors (Lipinski definition) is 2. The maximum absolute atomic E-state index is 12.4. The molecule has 0 aliphatic rings. The average molecular weight is 457 g/mol. The Bertz CT molecular complexity index is 1220. The molecule has 0 bridgehead atoms. The van der Waals surface area contributed by atoms with Crippen molar-refractivity contribution in [2.75, 3.05) is 0 Å². The Morgan fingerprint density at radius 3 is 2.41 bits per heavy atom. The van der Waals surface area contributed by atoms with Crippen LogP contribution in [0, 0.1) is 13.8 Å². The molecule has 8 nitrogen and oxygen atoms in total. The van der Waals surface area contributed by atoms with Gasteiger partial charge in [-0.05, 0) is 62.2 Å². The molecule has 2 amide bonds. The van der Waals surface area contributed by atoms with E-state index in [4.69, 9.17) is 9.15 Å². The van der Waals surface area contributed by atoms with Gasteiger partial charge in [0.15, 0.2) is 21.7 Å². The molecule has 1 heterocycles. The number of aryl methyl sites for hydroxylation is 1. The average Bonchev–Trinajstić information content (AvgIpc) is 3.23. The van der Waals surface area contributed by atoms with E-state index in [1.807, 2.05) is 26.0 Å². The van der Waals surface area contributed by atoms with Gasteiger partial charge in [-0.2, -0.15) is 0 Å². The van der Waals surface area contributed by atoms with E-state index in [1.165, 1.54) is 24.3 Å². The van der Waals surface area contributed by atoms with Gasteiger partial charge in [-0.25, -0.2) is 8.42 Å². The van der Waals surface area contributed by atoms with E-state index in [-0.39, 0.29) is 16.4 Å². The van der Waals surface area contributed by atoms with E-state index in [0.29, 0.717) is 5.75 Å². The van der Waals surface area contributed by atoms with Gasteiger partial charge in [0, 0.05) is 0 Å². The minimum absolute atomic E-state index is 0.108. The van der Waals surface area contributed by atoms with Gasteiger partial charge < -0.3 is 9.15 Å². The predicted molar refractivity (Wildman–Crippen MR) is 118 cm³/mol. The molecule has 1 unspecified atom stereocenters. The molecule has 3 rings (SSSR count). The van der Waals surface area contributed by atoms with Gasteiger partial charge in [-0.15, -0.1) is 0 Å². The molecule has 9 heteroatoms. The topological polar surface area (TPSA) is 115 Å². The van der Waals surface area contributed by atoms with Gasteiger partial charge in [0.25, 0.3) is 5.91 Å². The van der Waals surface area contributed by atoms with E-state index < -0.39 is 33.5 Å². The van der Waals surface area contributed by atoms with Gasteiger partial charge in [-0.3, -0.25) is 20.4 Å². The molecule has 0 saturated heterocycles. The molecule has 3 aromatic rings. The molecule has 0 radical (unpaired) electrons. The zero-order valence-corrected chi connectivity index (χ0v) is 18.7. The van der Waals surface area contributed by atoms with Crippen molar-refractivity contribution in [2.45, 2.75) is 37.5 Å². The Kier molecular flexibility index (Phi) is 6.99. The molecule has 0 spiro atoms. The number of furan rings is 1. The Balaban J connectivity index is 1.56. The van der Waals surface area contributed by atoms with Crippen LogP contribution in [0.15, 0.2) is 70.0 Å². The molecule has 168 valence electrons. The molecule has 1 aromatic heterocycles. The highest BCUT2D eigenvalue weighted by molar-refractivity contribution is 7.90. The zero-order chi connectivity index (χ0) is 23.3. The van der Waals surface area contributed by atoms with Gasteiger partial charge in [0.2, 0.25) is 0 Å². The van der Waals surface area contributed by atoms with Crippen LogP contribution in [0.25, 0.3) is 0 Å². The van der Waals surface area contributed by atoms with Crippen LogP contribution in [0.4, 0.5) is 0 Å². The number of hydrogen-bond acceptors (Lipinski definition) is 6. The van der Waals surface area contributed by atoms with Crippen LogP contribution in [0.2, 0.25) is 0 Å². The zero-order valence-electron chi connectivity index (χ0n) is 17.9. The second-order valence-corrected chi connectivity index (χ2v) is 9.23. The molecule has 32 heavy (non-hydrogen) atoms. The molecule has 2 aromatic carbocycles. The number of rotatable bonds is 7. The van der Waals surface area contributed by atoms with Crippen molar-refractivity contribution in [1.82, 2.24) is 10.9 Å². The molecule has 2 N–H and O–H groups in total. The number of sulfone groups is 1. The number of benzene rings is 2. The number of ether oxygens (including phenoxy) is 1. The number of carbonyl (C=O) groups is 2. The first kappa shape index (κ1) is 23.1. The lowest BCUT2D eigenvalue weighted by atomic mass is 10.1. The lowest BCUT2D eigenvalue weighted by Gasteiger charge is -2.17. The molecular weight excluding hydrogens is 432 g/mol. The summed E-state index contributed by atoms with van der Waals surface area (Å²) in [4.78, 5) is 24.7. The Morgan fingerprint density at radius 2 is 1.69 bits per heavy atom. The summed E-state index contributed by atoms with van der Waals surface area (Å²) in [6.07, 6.45) is -0.862.